The number of carbonyl (C=O) groups is 1. The van der Waals surface area contributed by atoms with E-state index in [0.717, 1.165) is 12.8 Å². The van der Waals surface area contributed by atoms with Gasteiger partial charge in [-0.15, -0.1) is 0 Å². The first-order valence-electron chi connectivity index (χ1n) is 4.18. The van der Waals surface area contributed by atoms with Crippen LogP contribution in [0, 0.1) is 11.8 Å². The Morgan fingerprint density at radius 3 is 2.91 bits per heavy atom. The van der Waals surface area contributed by atoms with Crippen LogP contribution >= 0.6 is 0 Å². The topological polar surface area (TPSA) is 49.3 Å². The summed E-state index contributed by atoms with van der Waals surface area (Å²) in [5.41, 5.74) is 0. The Bertz CT molecular complexity index is 147. The van der Waals surface area contributed by atoms with Crippen LogP contribution in [0.4, 0.5) is 0 Å². The molecule has 0 bridgehead atoms. The molecular formula is C8H15NO2. The predicted octanol–water partition coefficient (Wildman–Crippen LogP) is 0.141. The van der Waals surface area contributed by atoms with Crippen molar-refractivity contribution in [2.45, 2.75) is 19.8 Å². The van der Waals surface area contributed by atoms with Crippen LogP contribution in [-0.4, -0.2) is 24.2 Å². The fourth-order valence-electron chi connectivity index (χ4n) is 1.33. The van der Waals surface area contributed by atoms with E-state index in [9.17, 15) is 4.79 Å². The number of nitrogens with one attached hydrogen (secondary N) is 1. The van der Waals surface area contributed by atoms with Crippen LogP contribution in [0.2, 0.25) is 0 Å². The molecule has 1 saturated carbocycles. The Morgan fingerprint density at radius 2 is 2.45 bits per heavy atom. The van der Waals surface area contributed by atoms with Crippen molar-refractivity contribution < 1.29 is 9.90 Å². The third kappa shape index (κ3) is 2.19. The van der Waals surface area contributed by atoms with Gasteiger partial charge in [-0.3, -0.25) is 4.79 Å². The van der Waals surface area contributed by atoms with E-state index in [1.54, 1.807) is 0 Å². The van der Waals surface area contributed by atoms with E-state index in [4.69, 9.17) is 5.11 Å². The number of carbonyl (C=O) groups excluding carboxylic acids is 1. The average Bonchev–Trinajstić information content (AvgIpc) is 2.78. The molecule has 0 radical (unpaired) electrons. The first kappa shape index (κ1) is 8.53. The largest absolute Gasteiger partial charge is 0.395 e. The number of aliphatic hydroxyl groups is 1. The van der Waals surface area contributed by atoms with Crippen molar-refractivity contribution in [3.05, 3.63) is 0 Å². The third-order valence-electron chi connectivity index (χ3n) is 2.19. The highest BCUT2D eigenvalue weighted by Crippen LogP contribution is 2.40. The lowest BCUT2D eigenvalue weighted by molar-refractivity contribution is -0.122. The van der Waals surface area contributed by atoms with E-state index >= 15 is 0 Å². The van der Waals surface area contributed by atoms with E-state index in [1.807, 2.05) is 0 Å². The van der Waals surface area contributed by atoms with Crippen LogP contribution in [0.3, 0.4) is 0 Å². The van der Waals surface area contributed by atoms with Gasteiger partial charge >= 0.3 is 0 Å². The lowest BCUT2D eigenvalue weighted by Gasteiger charge is -2.00. The number of amides is 1. The monoisotopic (exact) mass is 157 g/mol. The summed E-state index contributed by atoms with van der Waals surface area (Å²) in [5, 5.41) is 11.1. The maximum atomic E-state index is 11.1. The Balaban J connectivity index is 2.12. The van der Waals surface area contributed by atoms with Crippen LogP contribution in [-0.2, 0) is 4.79 Å². The van der Waals surface area contributed by atoms with Crippen LogP contribution in [0.1, 0.15) is 19.8 Å². The second kappa shape index (κ2) is 3.72. The summed E-state index contributed by atoms with van der Waals surface area (Å²) >= 11 is 0. The van der Waals surface area contributed by atoms with Crippen molar-refractivity contribution in [1.29, 1.82) is 0 Å². The summed E-state index contributed by atoms with van der Waals surface area (Å²) in [6.07, 6.45) is 2.13. The van der Waals surface area contributed by atoms with E-state index < -0.39 is 0 Å². The molecule has 0 aromatic rings. The highest BCUT2D eigenvalue weighted by Gasteiger charge is 2.40. The Morgan fingerprint density at radius 1 is 1.73 bits per heavy atom. The van der Waals surface area contributed by atoms with E-state index in [-0.39, 0.29) is 18.4 Å². The highest BCUT2D eigenvalue weighted by atomic mass is 16.3. The summed E-state index contributed by atoms with van der Waals surface area (Å²) in [7, 11) is 0. The average molecular weight is 157 g/mol. The van der Waals surface area contributed by atoms with Crippen LogP contribution < -0.4 is 5.32 Å². The number of hydrogen-bond acceptors (Lipinski definition) is 2. The van der Waals surface area contributed by atoms with Gasteiger partial charge in [-0.05, 0) is 12.3 Å². The first-order valence-corrected chi connectivity index (χ1v) is 4.18. The maximum Gasteiger partial charge on any atom is 0.223 e. The molecule has 1 fully saturated rings. The molecule has 0 aliphatic heterocycles. The second-order valence-corrected chi connectivity index (χ2v) is 3.03. The highest BCUT2D eigenvalue weighted by molar-refractivity contribution is 5.81. The van der Waals surface area contributed by atoms with Crippen molar-refractivity contribution in [1.82, 2.24) is 5.32 Å². The summed E-state index contributed by atoms with van der Waals surface area (Å²) in [6.45, 7) is 2.53. The van der Waals surface area contributed by atoms with Gasteiger partial charge in [-0.25, -0.2) is 0 Å². The summed E-state index contributed by atoms with van der Waals surface area (Å²) in [5.74, 6) is 0.964. The molecule has 0 heterocycles. The third-order valence-corrected chi connectivity index (χ3v) is 2.19. The molecule has 1 rings (SSSR count). The van der Waals surface area contributed by atoms with Crippen molar-refractivity contribution >= 4 is 5.91 Å². The van der Waals surface area contributed by atoms with E-state index in [2.05, 4.69) is 12.2 Å². The van der Waals surface area contributed by atoms with Crippen LogP contribution in [0.15, 0.2) is 0 Å². The molecule has 0 saturated heterocycles. The molecule has 2 N–H and O–H groups in total. The first-order chi connectivity index (χ1) is 5.29. The summed E-state index contributed by atoms with van der Waals surface area (Å²) < 4.78 is 0. The molecule has 1 aliphatic carbocycles. The molecular weight excluding hydrogens is 142 g/mol. The molecule has 0 aromatic heterocycles. The summed E-state index contributed by atoms with van der Waals surface area (Å²) in [4.78, 5) is 11.1. The van der Waals surface area contributed by atoms with Crippen molar-refractivity contribution in [3.63, 3.8) is 0 Å². The smallest absolute Gasteiger partial charge is 0.223 e. The van der Waals surface area contributed by atoms with Crippen LogP contribution in [0.25, 0.3) is 0 Å². The van der Waals surface area contributed by atoms with Gasteiger partial charge in [-0.2, -0.15) is 0 Å². The van der Waals surface area contributed by atoms with Crippen molar-refractivity contribution in [3.8, 4) is 0 Å². The molecule has 2 atom stereocenters. The molecule has 11 heavy (non-hydrogen) atoms. The lowest BCUT2D eigenvalue weighted by atomic mass is 10.2. The normalized spacial score (nSPS) is 28.2. The maximum absolute atomic E-state index is 11.1. The zero-order valence-electron chi connectivity index (χ0n) is 6.84. The van der Waals surface area contributed by atoms with Gasteiger partial charge in [0.25, 0.3) is 0 Å². The van der Waals surface area contributed by atoms with Gasteiger partial charge in [-0.1, -0.05) is 13.3 Å². The number of hydrogen-bond donors (Lipinski definition) is 2. The van der Waals surface area contributed by atoms with Gasteiger partial charge in [0.2, 0.25) is 5.91 Å². The summed E-state index contributed by atoms with van der Waals surface area (Å²) in [6, 6.07) is 0. The Hall–Kier alpha value is -0.570. The van der Waals surface area contributed by atoms with Gasteiger partial charge in [0, 0.05) is 12.5 Å². The molecule has 1 amide bonds. The van der Waals surface area contributed by atoms with Crippen LogP contribution in [0.5, 0.6) is 0 Å². The fourth-order valence-corrected chi connectivity index (χ4v) is 1.33. The van der Waals surface area contributed by atoms with E-state index in [0.29, 0.717) is 12.5 Å². The molecule has 3 heteroatoms. The Labute approximate surface area is 66.8 Å². The molecule has 2 unspecified atom stereocenters. The van der Waals surface area contributed by atoms with Gasteiger partial charge < -0.3 is 10.4 Å². The number of rotatable bonds is 4. The van der Waals surface area contributed by atoms with Gasteiger partial charge in [0.1, 0.15) is 0 Å². The number of aliphatic hydroxyl groups excluding tert-OH is 1. The SMILES string of the molecule is CCC1CC1C(=O)NCCO. The van der Waals surface area contributed by atoms with E-state index in [1.165, 1.54) is 0 Å². The minimum Gasteiger partial charge on any atom is -0.395 e. The molecule has 0 spiro atoms. The molecule has 0 aromatic carbocycles. The zero-order chi connectivity index (χ0) is 8.27. The standard InChI is InChI=1S/C8H15NO2/c1-2-6-5-7(6)8(11)9-3-4-10/h6-7,10H,2-5H2,1H3,(H,9,11). The predicted molar refractivity (Wildman–Crippen MR) is 42.0 cm³/mol. The minimum atomic E-state index is 0.0370. The quantitative estimate of drug-likeness (QED) is 0.610. The fraction of sp³-hybridized carbons (Fsp3) is 0.875. The second-order valence-electron chi connectivity index (χ2n) is 3.03. The minimum absolute atomic E-state index is 0.0370. The van der Waals surface area contributed by atoms with Gasteiger partial charge in [0.15, 0.2) is 0 Å². The zero-order valence-corrected chi connectivity index (χ0v) is 6.84. The van der Waals surface area contributed by atoms with Crippen molar-refractivity contribution in [2.75, 3.05) is 13.2 Å². The van der Waals surface area contributed by atoms with Crippen molar-refractivity contribution in [2.24, 2.45) is 11.8 Å². The van der Waals surface area contributed by atoms with Gasteiger partial charge in [0.05, 0.1) is 6.61 Å². The molecule has 64 valence electrons. The molecule has 1 aliphatic rings. The lowest BCUT2D eigenvalue weighted by Crippen LogP contribution is -2.28. The Kier molecular flexibility index (Phi) is 2.88. The molecule has 3 nitrogen and oxygen atoms in total.